The largest absolute Gasteiger partial charge is 0.456 e. The van der Waals surface area contributed by atoms with Crippen LogP contribution in [0.2, 0.25) is 0 Å². The molecule has 3 heteroatoms. The van der Waals surface area contributed by atoms with E-state index in [2.05, 4.69) is 181 Å². The van der Waals surface area contributed by atoms with Crippen molar-refractivity contribution in [1.29, 1.82) is 0 Å². The molecule has 0 radical (unpaired) electrons. The third kappa shape index (κ3) is 4.75. The molecule has 11 rings (SSSR count). The van der Waals surface area contributed by atoms with Crippen LogP contribution in [0.1, 0.15) is 0 Å². The summed E-state index contributed by atoms with van der Waals surface area (Å²) in [5, 5.41) is 9.21. The number of para-hydroxylation sites is 1. The van der Waals surface area contributed by atoms with Gasteiger partial charge in [0.15, 0.2) is 0 Å². The zero-order chi connectivity index (χ0) is 34.9. The minimum atomic E-state index is 0.874. The van der Waals surface area contributed by atoms with E-state index >= 15 is 0 Å². The summed E-state index contributed by atoms with van der Waals surface area (Å²) in [6.07, 6.45) is 0. The van der Waals surface area contributed by atoms with Gasteiger partial charge >= 0.3 is 0 Å². The van der Waals surface area contributed by atoms with E-state index in [9.17, 15) is 0 Å². The number of benzene rings is 9. The Bertz CT molecular complexity index is 3140. The maximum atomic E-state index is 6.47. The van der Waals surface area contributed by atoms with Crippen LogP contribution in [0.3, 0.4) is 0 Å². The van der Waals surface area contributed by atoms with E-state index in [1.54, 1.807) is 0 Å². The van der Waals surface area contributed by atoms with Crippen LogP contribution in [0.4, 0.5) is 17.1 Å². The molecule has 0 bridgehead atoms. The molecule has 0 atom stereocenters. The van der Waals surface area contributed by atoms with Gasteiger partial charge in [0.1, 0.15) is 22.3 Å². The van der Waals surface area contributed by atoms with Crippen LogP contribution >= 0.6 is 0 Å². The molecule has 0 amide bonds. The smallest absolute Gasteiger partial charge is 0.136 e. The SMILES string of the molecule is c1ccc(-c2ccc(N(c3ccc(-c4ccc5oc6ccc7ccc8oc9ccccc9c8c7c6c5c4)cc3)c3cccc4ccccc34)cc2)cc1. The number of nitrogens with zero attached hydrogens (tertiary/aromatic N) is 1. The summed E-state index contributed by atoms with van der Waals surface area (Å²) in [5.41, 5.74) is 11.5. The maximum Gasteiger partial charge on any atom is 0.136 e. The standard InChI is InChI=1S/C50H31NO2/c1-2-9-32(10-3-1)33-17-24-38(25-18-33)51(43-15-8-12-35-11-4-5-13-40(35)43)39-26-19-34(20-27-39)37-23-28-45-42(31-37)50-47(53-45)30-22-36-21-29-46-49(48(36)50)41-14-6-7-16-44(41)52-46/h1-31H. The lowest BCUT2D eigenvalue weighted by atomic mass is 9.97. The molecule has 11 aromatic rings. The molecule has 2 aromatic heterocycles. The summed E-state index contributed by atoms with van der Waals surface area (Å²) in [6.45, 7) is 0. The van der Waals surface area contributed by atoms with Crippen molar-refractivity contribution in [2.24, 2.45) is 0 Å². The fourth-order valence-corrected chi connectivity index (χ4v) is 8.14. The van der Waals surface area contributed by atoms with Crippen molar-refractivity contribution in [1.82, 2.24) is 0 Å². The molecular weight excluding hydrogens is 647 g/mol. The molecule has 0 saturated carbocycles. The van der Waals surface area contributed by atoms with Crippen molar-refractivity contribution in [3.05, 3.63) is 188 Å². The molecular formula is C50H31NO2. The van der Waals surface area contributed by atoms with Crippen LogP contribution in [0.25, 0.3) is 87.7 Å². The molecule has 0 unspecified atom stereocenters. The van der Waals surface area contributed by atoms with Gasteiger partial charge in [0.2, 0.25) is 0 Å². The third-order valence-corrected chi connectivity index (χ3v) is 10.7. The van der Waals surface area contributed by atoms with Gasteiger partial charge in [0.05, 0.1) is 5.69 Å². The van der Waals surface area contributed by atoms with Crippen LogP contribution in [0.15, 0.2) is 197 Å². The highest BCUT2D eigenvalue weighted by Crippen LogP contribution is 2.44. The summed E-state index contributed by atoms with van der Waals surface area (Å²) in [7, 11) is 0. The number of fused-ring (bicyclic) bond motifs is 10. The molecule has 2 heterocycles. The number of furan rings is 2. The normalized spacial score (nSPS) is 11.8. The quantitative estimate of drug-likeness (QED) is 0.182. The zero-order valence-corrected chi connectivity index (χ0v) is 28.7. The van der Waals surface area contributed by atoms with Crippen LogP contribution < -0.4 is 4.90 Å². The average molecular weight is 678 g/mol. The minimum absolute atomic E-state index is 0.874. The van der Waals surface area contributed by atoms with Gasteiger partial charge in [-0.15, -0.1) is 0 Å². The number of rotatable bonds is 5. The van der Waals surface area contributed by atoms with Crippen molar-refractivity contribution in [3.8, 4) is 22.3 Å². The highest BCUT2D eigenvalue weighted by atomic mass is 16.3. The van der Waals surface area contributed by atoms with E-state index in [0.29, 0.717) is 0 Å². The lowest BCUT2D eigenvalue weighted by molar-refractivity contribution is 0.669. The fraction of sp³-hybridized carbons (Fsp3) is 0. The molecule has 0 spiro atoms. The number of hydrogen-bond donors (Lipinski definition) is 0. The van der Waals surface area contributed by atoms with E-state index in [1.807, 2.05) is 12.1 Å². The molecule has 9 aromatic carbocycles. The van der Waals surface area contributed by atoms with Gasteiger partial charge in [0, 0.05) is 43.7 Å². The Balaban J connectivity index is 1.05. The first-order chi connectivity index (χ1) is 26.3. The predicted molar refractivity (Wildman–Crippen MR) is 222 cm³/mol. The van der Waals surface area contributed by atoms with E-state index in [-0.39, 0.29) is 0 Å². The first kappa shape index (κ1) is 29.6. The van der Waals surface area contributed by atoms with Gasteiger partial charge in [-0.1, -0.05) is 127 Å². The molecule has 0 fully saturated rings. The van der Waals surface area contributed by atoms with Gasteiger partial charge < -0.3 is 13.7 Å². The summed E-state index contributed by atoms with van der Waals surface area (Å²) in [4.78, 5) is 2.36. The van der Waals surface area contributed by atoms with Gasteiger partial charge in [-0.05, 0) is 93.7 Å². The van der Waals surface area contributed by atoms with Crippen molar-refractivity contribution < 1.29 is 8.83 Å². The van der Waals surface area contributed by atoms with Gasteiger partial charge in [-0.3, -0.25) is 0 Å². The Hall–Kier alpha value is -7.10. The molecule has 3 nitrogen and oxygen atoms in total. The van der Waals surface area contributed by atoms with Crippen molar-refractivity contribution in [2.45, 2.75) is 0 Å². The van der Waals surface area contributed by atoms with Gasteiger partial charge in [0.25, 0.3) is 0 Å². The zero-order valence-electron chi connectivity index (χ0n) is 28.7. The van der Waals surface area contributed by atoms with Crippen LogP contribution in [0, 0.1) is 0 Å². The van der Waals surface area contributed by atoms with Crippen LogP contribution in [-0.4, -0.2) is 0 Å². The predicted octanol–water partition coefficient (Wildman–Crippen LogP) is 14.6. The van der Waals surface area contributed by atoms with E-state index in [0.717, 1.165) is 72.1 Å². The lowest BCUT2D eigenvalue weighted by Gasteiger charge is -2.27. The van der Waals surface area contributed by atoms with E-state index in [4.69, 9.17) is 8.83 Å². The minimum Gasteiger partial charge on any atom is -0.456 e. The summed E-state index contributed by atoms with van der Waals surface area (Å²) >= 11 is 0. The monoisotopic (exact) mass is 677 g/mol. The van der Waals surface area contributed by atoms with E-state index < -0.39 is 0 Å². The first-order valence-electron chi connectivity index (χ1n) is 18.0. The third-order valence-electron chi connectivity index (χ3n) is 10.7. The second-order valence-electron chi connectivity index (χ2n) is 13.7. The maximum absolute atomic E-state index is 6.47. The summed E-state index contributed by atoms with van der Waals surface area (Å²) in [6, 6.07) is 66.8. The Morgan fingerprint density at radius 2 is 0.830 bits per heavy atom. The molecule has 0 aliphatic rings. The fourth-order valence-electron chi connectivity index (χ4n) is 8.14. The van der Waals surface area contributed by atoms with Crippen LogP contribution in [0.5, 0.6) is 0 Å². The van der Waals surface area contributed by atoms with E-state index in [1.165, 1.54) is 32.7 Å². The highest BCUT2D eigenvalue weighted by molar-refractivity contribution is 6.31. The number of anilines is 3. The Kier molecular flexibility index (Phi) is 6.55. The van der Waals surface area contributed by atoms with Crippen LogP contribution in [-0.2, 0) is 0 Å². The first-order valence-corrected chi connectivity index (χ1v) is 18.0. The lowest BCUT2D eigenvalue weighted by Crippen LogP contribution is -2.10. The Morgan fingerprint density at radius 1 is 0.302 bits per heavy atom. The molecule has 0 N–H and O–H groups in total. The summed E-state index contributed by atoms with van der Waals surface area (Å²) in [5.74, 6) is 0. The van der Waals surface area contributed by atoms with Crippen molar-refractivity contribution in [3.63, 3.8) is 0 Å². The van der Waals surface area contributed by atoms with Crippen molar-refractivity contribution in [2.75, 3.05) is 4.90 Å². The molecule has 0 aliphatic carbocycles. The van der Waals surface area contributed by atoms with Gasteiger partial charge in [-0.2, -0.15) is 0 Å². The highest BCUT2D eigenvalue weighted by Gasteiger charge is 2.19. The average Bonchev–Trinajstić information content (AvgIpc) is 3.80. The van der Waals surface area contributed by atoms with Gasteiger partial charge in [-0.25, -0.2) is 0 Å². The molecule has 53 heavy (non-hydrogen) atoms. The molecule has 0 aliphatic heterocycles. The second kappa shape index (κ2) is 11.7. The Morgan fingerprint density at radius 3 is 1.57 bits per heavy atom. The second-order valence-corrected chi connectivity index (χ2v) is 13.7. The molecule has 248 valence electrons. The molecule has 0 saturated heterocycles. The Labute approximate surface area is 305 Å². The topological polar surface area (TPSA) is 29.5 Å². The number of hydrogen-bond acceptors (Lipinski definition) is 3. The summed E-state index contributed by atoms with van der Waals surface area (Å²) < 4.78 is 12.8. The van der Waals surface area contributed by atoms with Crippen molar-refractivity contribution >= 4 is 82.5 Å².